The van der Waals surface area contributed by atoms with Crippen molar-refractivity contribution in [2.24, 2.45) is 0 Å². The molecule has 24 heavy (non-hydrogen) atoms. The minimum atomic E-state index is -4.67. The molecule has 0 amide bonds. The van der Waals surface area contributed by atoms with Gasteiger partial charge >= 0.3 is 77.3 Å². The van der Waals surface area contributed by atoms with Gasteiger partial charge in [-0.2, -0.15) is 8.42 Å². The molecule has 8 nitrogen and oxygen atoms in total. The zero-order valence-electron chi connectivity index (χ0n) is 13.1. The maximum absolute atomic E-state index is 10.4. The van der Waals surface area contributed by atoms with Gasteiger partial charge in [-0.1, -0.05) is 64.7 Å². The molecule has 0 saturated carbocycles. The number of rotatable bonds is 12. The van der Waals surface area contributed by atoms with E-state index in [0.717, 1.165) is 19.3 Å². The molecule has 4 N–H and O–H groups in total. The third-order valence-corrected chi connectivity index (χ3v) is 3.28. The van der Waals surface area contributed by atoms with Crippen molar-refractivity contribution in [1.29, 1.82) is 0 Å². The number of phosphoric ester groups is 1. The number of phosphoric acid groups is 1. The van der Waals surface area contributed by atoms with Gasteiger partial charge in [-0.05, 0) is 6.42 Å². The van der Waals surface area contributed by atoms with Gasteiger partial charge in [0.25, 0.3) is 0 Å². The van der Waals surface area contributed by atoms with Crippen molar-refractivity contribution in [2.45, 2.75) is 71.1 Å². The molecule has 0 aromatic heterocycles. The molecular weight excluding hydrogens is 381 g/mol. The molecular formula is C12H31Na2O8PS. The Morgan fingerprint density at radius 1 is 0.792 bits per heavy atom. The molecule has 0 bridgehead atoms. The van der Waals surface area contributed by atoms with Crippen molar-refractivity contribution < 1.29 is 36.4 Å². The van der Waals surface area contributed by atoms with Gasteiger partial charge in [0.2, 0.25) is 0 Å². The third kappa shape index (κ3) is 49.6. The zero-order valence-corrected chi connectivity index (χ0v) is 14.8. The predicted molar refractivity (Wildman–Crippen MR) is 98.3 cm³/mol. The Hall–Kier alpha value is 1.98. The average molecular weight is 412 g/mol. The van der Waals surface area contributed by atoms with Gasteiger partial charge in [-0.3, -0.25) is 13.6 Å². The van der Waals surface area contributed by atoms with Crippen molar-refractivity contribution in [3.05, 3.63) is 0 Å². The Balaban J connectivity index is -0.000000250. The van der Waals surface area contributed by atoms with Crippen LogP contribution >= 0.6 is 7.82 Å². The summed E-state index contributed by atoms with van der Waals surface area (Å²) in [4.78, 5) is 16.9. The first-order valence-corrected chi connectivity index (χ1v) is 10.4. The summed E-state index contributed by atoms with van der Waals surface area (Å²) in [6.45, 7) is 2.39. The Labute approximate surface area is 189 Å². The first kappa shape index (κ1) is 33.6. The van der Waals surface area contributed by atoms with Crippen LogP contribution in [-0.4, -0.2) is 93.0 Å². The Morgan fingerprint density at radius 3 is 1.38 bits per heavy atom. The molecule has 0 aliphatic carbocycles. The molecule has 12 heteroatoms. The fraction of sp³-hybridized carbons (Fsp3) is 1.00. The van der Waals surface area contributed by atoms with Gasteiger partial charge < -0.3 is 9.79 Å². The van der Waals surface area contributed by atoms with Crippen LogP contribution in [0.2, 0.25) is 0 Å². The van der Waals surface area contributed by atoms with Crippen molar-refractivity contribution in [3.63, 3.8) is 0 Å². The molecule has 0 saturated heterocycles. The second-order valence-electron chi connectivity index (χ2n) is 4.95. The van der Waals surface area contributed by atoms with E-state index in [9.17, 15) is 4.57 Å². The van der Waals surface area contributed by atoms with Crippen LogP contribution in [0, 0.1) is 0 Å². The maximum atomic E-state index is 10.4. The summed E-state index contributed by atoms with van der Waals surface area (Å²) in [5.74, 6) is 0. The number of hydrogen-bond donors (Lipinski definition) is 4. The Kier molecular flexibility index (Phi) is 29.8. The second-order valence-corrected chi connectivity index (χ2v) is 7.09. The van der Waals surface area contributed by atoms with E-state index in [4.69, 9.17) is 27.3 Å². The van der Waals surface area contributed by atoms with Crippen LogP contribution in [-0.2, 0) is 19.5 Å². The van der Waals surface area contributed by atoms with Crippen LogP contribution in [0.5, 0.6) is 0 Å². The predicted octanol–water partition coefficient (Wildman–Crippen LogP) is 2.07. The van der Waals surface area contributed by atoms with Crippen LogP contribution in [0.1, 0.15) is 71.1 Å². The van der Waals surface area contributed by atoms with E-state index in [1.165, 1.54) is 44.9 Å². The van der Waals surface area contributed by atoms with E-state index >= 15 is 0 Å². The second kappa shape index (κ2) is 21.3. The average Bonchev–Trinajstić information content (AvgIpc) is 2.32. The Bertz CT molecular complexity index is 381. The molecule has 0 atom stereocenters. The molecule has 0 aliphatic rings. The fourth-order valence-corrected chi connectivity index (χ4v) is 2.14. The molecule has 0 spiro atoms. The van der Waals surface area contributed by atoms with Gasteiger partial charge in [-0.15, -0.1) is 0 Å². The quantitative estimate of drug-likeness (QED) is 0.165. The van der Waals surface area contributed by atoms with E-state index in [-0.39, 0.29) is 65.7 Å². The first-order valence-electron chi connectivity index (χ1n) is 7.46. The van der Waals surface area contributed by atoms with Crippen molar-refractivity contribution >= 4 is 77.3 Å². The molecule has 0 rings (SSSR count). The molecule has 0 heterocycles. The molecule has 0 aromatic carbocycles. The molecule has 0 unspecified atom stereocenters. The SMILES string of the molecule is CCCCCCCCCCCCOP(=O)(O)O.O=S(=O)(O)O.[NaH].[NaH]. The Morgan fingerprint density at radius 2 is 1.08 bits per heavy atom. The van der Waals surface area contributed by atoms with Crippen LogP contribution < -0.4 is 0 Å². The van der Waals surface area contributed by atoms with E-state index < -0.39 is 18.2 Å². The van der Waals surface area contributed by atoms with Gasteiger partial charge in [0, 0.05) is 0 Å². The summed E-state index contributed by atoms with van der Waals surface area (Å²) < 4.78 is 46.3. The molecule has 0 radical (unpaired) electrons. The number of unbranched alkanes of at least 4 members (excludes halogenated alkanes) is 9. The van der Waals surface area contributed by atoms with Crippen LogP contribution in [0.25, 0.3) is 0 Å². The van der Waals surface area contributed by atoms with Gasteiger partial charge in [0.15, 0.2) is 0 Å². The zero-order chi connectivity index (χ0) is 17.5. The molecule has 0 aromatic rings. The first-order chi connectivity index (χ1) is 10.1. The summed E-state index contributed by atoms with van der Waals surface area (Å²) in [5, 5.41) is 0. The summed E-state index contributed by atoms with van der Waals surface area (Å²) in [6.07, 6.45) is 12.0. The summed E-state index contributed by atoms with van der Waals surface area (Å²) in [6, 6.07) is 0. The van der Waals surface area contributed by atoms with Crippen molar-refractivity contribution in [1.82, 2.24) is 0 Å². The fourth-order valence-electron chi connectivity index (χ4n) is 1.77. The van der Waals surface area contributed by atoms with E-state index in [1.54, 1.807) is 0 Å². The topological polar surface area (TPSA) is 141 Å². The molecule has 140 valence electrons. The van der Waals surface area contributed by atoms with Gasteiger partial charge in [-0.25, -0.2) is 4.57 Å². The normalized spacial score (nSPS) is 10.9. The number of hydrogen-bond acceptors (Lipinski definition) is 4. The van der Waals surface area contributed by atoms with Crippen LogP contribution in [0.3, 0.4) is 0 Å². The van der Waals surface area contributed by atoms with E-state index in [0.29, 0.717) is 0 Å². The van der Waals surface area contributed by atoms with Crippen molar-refractivity contribution in [3.8, 4) is 0 Å². The third-order valence-electron chi connectivity index (χ3n) is 2.76. The monoisotopic (exact) mass is 412 g/mol. The standard InChI is InChI=1S/C12H27O4P.2Na.H2O4S.2H/c1-2-3-4-5-6-7-8-9-10-11-12-16-17(13,14)15;;;1-5(2,3)4;;/h2-12H2,1H3,(H2,13,14,15);;;(H2,1,2,3,4);;. The summed E-state index contributed by atoms with van der Waals surface area (Å²) in [7, 11) is -8.91. The van der Waals surface area contributed by atoms with Crippen LogP contribution in [0.15, 0.2) is 0 Å². The minimum absolute atomic E-state index is 0. The van der Waals surface area contributed by atoms with E-state index in [2.05, 4.69) is 11.4 Å². The van der Waals surface area contributed by atoms with E-state index in [1.807, 2.05) is 0 Å². The van der Waals surface area contributed by atoms with Gasteiger partial charge in [0.05, 0.1) is 6.61 Å². The van der Waals surface area contributed by atoms with Crippen molar-refractivity contribution in [2.75, 3.05) is 6.61 Å². The van der Waals surface area contributed by atoms with Gasteiger partial charge in [0.1, 0.15) is 0 Å². The summed E-state index contributed by atoms with van der Waals surface area (Å²) in [5.41, 5.74) is 0. The molecule has 0 fully saturated rings. The summed E-state index contributed by atoms with van der Waals surface area (Å²) >= 11 is 0. The van der Waals surface area contributed by atoms with Crippen LogP contribution in [0.4, 0.5) is 0 Å². The molecule has 0 aliphatic heterocycles.